The molecule has 0 heterocycles. The van der Waals surface area contributed by atoms with Crippen LogP contribution >= 0.6 is 7.60 Å². The van der Waals surface area contributed by atoms with Gasteiger partial charge in [0.1, 0.15) is 5.78 Å². The number of hydrogen-bond donors (Lipinski definition) is 1. The summed E-state index contributed by atoms with van der Waals surface area (Å²) in [4.78, 5) is 0. The molecule has 1 unspecified atom stereocenters. The zero-order chi connectivity index (χ0) is 17.6. The average molecular weight is 353 g/mol. The van der Waals surface area contributed by atoms with Crippen LogP contribution in [0.15, 0.2) is 30.3 Å². The third-order valence-corrected chi connectivity index (χ3v) is 6.66. The van der Waals surface area contributed by atoms with E-state index in [1.807, 2.05) is 58.0 Å². The van der Waals surface area contributed by atoms with Crippen molar-refractivity contribution in [3.8, 4) is 0 Å². The van der Waals surface area contributed by atoms with Gasteiger partial charge in [-0.1, -0.05) is 49.6 Å². The second kappa shape index (κ2) is 9.15. The molecule has 0 saturated heterocycles. The van der Waals surface area contributed by atoms with Crippen LogP contribution in [0.25, 0.3) is 0 Å². The first-order valence-electron chi connectivity index (χ1n) is 9.18. The first-order valence-corrected chi connectivity index (χ1v) is 10.8. The van der Waals surface area contributed by atoms with Gasteiger partial charge in [0.15, 0.2) is 0 Å². The molecule has 136 valence electrons. The molecule has 5 heteroatoms. The van der Waals surface area contributed by atoms with Crippen LogP contribution in [-0.4, -0.2) is 18.2 Å². The Morgan fingerprint density at radius 2 is 1.50 bits per heavy atom. The second-order valence-corrected chi connectivity index (χ2v) is 9.18. The molecule has 1 aliphatic carbocycles. The van der Waals surface area contributed by atoms with Gasteiger partial charge >= 0.3 is 7.60 Å². The summed E-state index contributed by atoms with van der Waals surface area (Å²) in [6.45, 7) is 7.61. The smallest absolute Gasteiger partial charge is 0.304 e. The van der Waals surface area contributed by atoms with E-state index in [9.17, 15) is 4.57 Å². The van der Waals surface area contributed by atoms with Gasteiger partial charge in [-0.2, -0.15) is 0 Å². The lowest BCUT2D eigenvalue weighted by Crippen LogP contribution is -2.35. The van der Waals surface area contributed by atoms with Crippen LogP contribution in [0.5, 0.6) is 0 Å². The highest BCUT2D eigenvalue weighted by molar-refractivity contribution is 7.54. The standard InChI is InChI=1S/C19H32NO3P/c1-15(2)22-24(21,23-16(3)4)19(17-11-7-5-8-12-17)20-18-13-9-6-10-14-18/h5,7-8,11-12,15-16,18-20H,6,9-10,13-14H2,1-4H3. The predicted octanol–water partition coefficient (Wildman–Crippen LogP) is 5.65. The van der Waals surface area contributed by atoms with Crippen molar-refractivity contribution in [2.75, 3.05) is 0 Å². The average Bonchev–Trinajstić information content (AvgIpc) is 2.52. The van der Waals surface area contributed by atoms with Crippen molar-refractivity contribution in [3.63, 3.8) is 0 Å². The fraction of sp³-hybridized carbons (Fsp3) is 0.684. The van der Waals surface area contributed by atoms with Crippen LogP contribution in [0.4, 0.5) is 0 Å². The van der Waals surface area contributed by atoms with Crippen LogP contribution < -0.4 is 5.32 Å². The molecule has 0 bridgehead atoms. The fourth-order valence-electron chi connectivity index (χ4n) is 3.23. The maximum absolute atomic E-state index is 13.7. The number of benzene rings is 1. The minimum Gasteiger partial charge on any atom is -0.304 e. The van der Waals surface area contributed by atoms with Gasteiger partial charge in [-0.25, -0.2) is 0 Å². The third-order valence-electron chi connectivity index (χ3n) is 4.15. The Morgan fingerprint density at radius 1 is 0.958 bits per heavy atom. The van der Waals surface area contributed by atoms with E-state index in [1.165, 1.54) is 19.3 Å². The van der Waals surface area contributed by atoms with Gasteiger partial charge in [-0.3, -0.25) is 9.88 Å². The third kappa shape index (κ3) is 5.70. The second-order valence-electron chi connectivity index (χ2n) is 7.16. The van der Waals surface area contributed by atoms with E-state index in [0.717, 1.165) is 18.4 Å². The van der Waals surface area contributed by atoms with Crippen LogP contribution in [0, 0.1) is 0 Å². The molecule has 2 rings (SSSR count). The summed E-state index contributed by atoms with van der Waals surface area (Å²) >= 11 is 0. The van der Waals surface area contributed by atoms with E-state index in [2.05, 4.69) is 5.32 Å². The van der Waals surface area contributed by atoms with Gasteiger partial charge < -0.3 is 9.05 Å². The zero-order valence-corrected chi connectivity index (χ0v) is 16.3. The van der Waals surface area contributed by atoms with Crippen LogP contribution in [0.3, 0.4) is 0 Å². The minimum absolute atomic E-state index is 0.158. The maximum Gasteiger partial charge on any atom is 0.352 e. The molecule has 1 saturated carbocycles. The Kier molecular flexibility index (Phi) is 7.49. The van der Waals surface area contributed by atoms with E-state index in [1.54, 1.807) is 0 Å². The van der Waals surface area contributed by atoms with Crippen molar-refractivity contribution in [2.24, 2.45) is 0 Å². The molecular formula is C19H32NO3P. The van der Waals surface area contributed by atoms with Crippen LogP contribution in [0.1, 0.15) is 71.1 Å². The maximum atomic E-state index is 13.7. The lowest BCUT2D eigenvalue weighted by Gasteiger charge is -2.34. The van der Waals surface area contributed by atoms with Crippen molar-refractivity contribution in [2.45, 2.75) is 83.8 Å². The molecule has 24 heavy (non-hydrogen) atoms. The van der Waals surface area contributed by atoms with Gasteiger partial charge in [0.05, 0.1) is 12.2 Å². The molecule has 4 nitrogen and oxygen atoms in total. The lowest BCUT2D eigenvalue weighted by atomic mass is 9.95. The Balaban J connectivity index is 2.31. The largest absolute Gasteiger partial charge is 0.352 e. The summed E-state index contributed by atoms with van der Waals surface area (Å²) in [7, 11) is -3.34. The van der Waals surface area contributed by atoms with Gasteiger partial charge in [-0.15, -0.1) is 0 Å². The number of hydrogen-bond acceptors (Lipinski definition) is 4. The molecule has 1 aliphatic rings. The molecule has 1 fully saturated rings. The fourth-order valence-corrected chi connectivity index (χ4v) is 5.63. The molecule has 1 atom stereocenters. The molecule has 0 aromatic heterocycles. The Hall–Kier alpha value is -0.670. The summed E-state index contributed by atoms with van der Waals surface area (Å²) in [6.07, 6.45) is 5.65. The van der Waals surface area contributed by atoms with Crippen molar-refractivity contribution in [1.82, 2.24) is 5.32 Å². The highest BCUT2D eigenvalue weighted by Gasteiger charge is 2.40. The Bertz CT molecular complexity index is 513. The highest BCUT2D eigenvalue weighted by atomic mass is 31.2. The number of rotatable bonds is 8. The lowest BCUT2D eigenvalue weighted by molar-refractivity contribution is 0.131. The van der Waals surface area contributed by atoms with Crippen molar-refractivity contribution < 1.29 is 13.6 Å². The van der Waals surface area contributed by atoms with E-state index in [0.29, 0.717) is 6.04 Å². The summed E-state index contributed by atoms with van der Waals surface area (Å²) in [5.41, 5.74) is 0.965. The van der Waals surface area contributed by atoms with Crippen molar-refractivity contribution >= 4 is 7.60 Å². The molecule has 0 aliphatic heterocycles. The van der Waals surface area contributed by atoms with Gasteiger partial charge in [0.2, 0.25) is 0 Å². The SMILES string of the molecule is CC(C)OP(=O)(OC(C)C)C(NC1CCCCC1)c1ccccc1. The monoisotopic (exact) mass is 353 g/mol. The summed E-state index contributed by atoms with van der Waals surface area (Å²) in [5.74, 6) is -0.424. The van der Waals surface area contributed by atoms with E-state index in [-0.39, 0.29) is 12.2 Å². The van der Waals surface area contributed by atoms with Crippen molar-refractivity contribution in [3.05, 3.63) is 35.9 Å². The molecule has 0 radical (unpaired) electrons. The zero-order valence-electron chi connectivity index (χ0n) is 15.4. The van der Waals surface area contributed by atoms with E-state index in [4.69, 9.17) is 9.05 Å². The van der Waals surface area contributed by atoms with Crippen molar-refractivity contribution in [1.29, 1.82) is 0 Å². The first-order chi connectivity index (χ1) is 11.4. The summed E-state index contributed by atoms with van der Waals surface area (Å²) < 4.78 is 25.5. The Morgan fingerprint density at radius 3 is 2.00 bits per heavy atom. The molecule has 1 aromatic carbocycles. The Labute approximate surface area is 146 Å². The molecule has 0 spiro atoms. The van der Waals surface area contributed by atoms with Gasteiger partial charge in [-0.05, 0) is 46.1 Å². The molecule has 1 aromatic rings. The predicted molar refractivity (Wildman–Crippen MR) is 99.2 cm³/mol. The molecule has 1 N–H and O–H groups in total. The van der Waals surface area contributed by atoms with Crippen LogP contribution in [-0.2, 0) is 13.6 Å². The van der Waals surface area contributed by atoms with Crippen LogP contribution in [0.2, 0.25) is 0 Å². The van der Waals surface area contributed by atoms with E-state index >= 15 is 0 Å². The van der Waals surface area contributed by atoms with Gasteiger partial charge in [0.25, 0.3) is 0 Å². The first kappa shape index (κ1) is 19.7. The quantitative estimate of drug-likeness (QED) is 0.613. The highest BCUT2D eigenvalue weighted by Crippen LogP contribution is 2.61. The topological polar surface area (TPSA) is 47.6 Å². The molecule has 0 amide bonds. The number of nitrogens with one attached hydrogen (secondary N) is 1. The normalized spacial score (nSPS) is 18.2. The van der Waals surface area contributed by atoms with E-state index < -0.39 is 13.4 Å². The summed E-state index contributed by atoms with van der Waals surface area (Å²) in [6, 6.07) is 10.3. The molecular weight excluding hydrogens is 321 g/mol. The van der Waals surface area contributed by atoms with Gasteiger partial charge in [0, 0.05) is 6.04 Å². The minimum atomic E-state index is -3.34. The summed E-state index contributed by atoms with van der Waals surface area (Å²) in [5, 5.41) is 3.61.